The first kappa shape index (κ1) is 14.1. The normalized spacial score (nSPS) is 10.3. The first-order chi connectivity index (χ1) is 9.11. The van der Waals surface area contributed by atoms with E-state index >= 15 is 0 Å². The van der Waals surface area contributed by atoms with Gasteiger partial charge in [0.25, 0.3) is 0 Å². The molecule has 0 saturated heterocycles. The summed E-state index contributed by atoms with van der Waals surface area (Å²) >= 11 is 9.40. The highest BCUT2D eigenvalue weighted by Crippen LogP contribution is 2.34. The molecule has 0 fully saturated rings. The monoisotopic (exact) mass is 341 g/mol. The van der Waals surface area contributed by atoms with Crippen molar-refractivity contribution in [3.63, 3.8) is 0 Å². The molecule has 0 unspecified atom stereocenters. The molecule has 1 aromatic carbocycles. The lowest BCUT2D eigenvalue weighted by Crippen LogP contribution is -2.02. The maximum atomic E-state index is 5.97. The van der Waals surface area contributed by atoms with Crippen LogP contribution in [0.3, 0.4) is 0 Å². The Bertz CT molecular complexity index is 592. The van der Waals surface area contributed by atoms with E-state index in [1.165, 1.54) is 6.33 Å². The molecule has 0 aliphatic heterocycles. The molecule has 0 aliphatic rings. The molecule has 0 bridgehead atoms. The smallest absolute Gasteiger partial charge is 0.238 e. The van der Waals surface area contributed by atoms with Crippen LogP contribution in [0, 0.1) is 6.92 Å². The molecule has 2 aromatic rings. The molecule has 0 spiro atoms. The third-order valence-electron chi connectivity index (χ3n) is 2.46. The Labute approximate surface area is 125 Å². The number of halogens is 2. The summed E-state index contributed by atoms with van der Waals surface area (Å²) in [6.07, 6.45) is 1.46. The largest absolute Gasteiger partial charge is 0.437 e. The molecule has 0 saturated carbocycles. The quantitative estimate of drug-likeness (QED) is 0.893. The van der Waals surface area contributed by atoms with Gasteiger partial charge >= 0.3 is 0 Å². The van der Waals surface area contributed by atoms with Crippen LogP contribution in [0.5, 0.6) is 11.6 Å². The van der Waals surface area contributed by atoms with Crippen LogP contribution < -0.4 is 10.1 Å². The van der Waals surface area contributed by atoms with Crippen LogP contribution in [0.15, 0.2) is 29.0 Å². The Morgan fingerprint density at radius 1 is 1.37 bits per heavy atom. The molecule has 0 atom stereocenters. The van der Waals surface area contributed by atoms with Gasteiger partial charge in [0.05, 0.1) is 0 Å². The van der Waals surface area contributed by atoms with Gasteiger partial charge in [-0.25, -0.2) is 9.97 Å². The predicted octanol–water partition coefficient (Wildman–Crippen LogP) is 4.43. The van der Waals surface area contributed by atoms with Crippen LogP contribution in [0.25, 0.3) is 0 Å². The molecule has 1 heterocycles. The highest BCUT2D eigenvalue weighted by atomic mass is 79.9. The van der Waals surface area contributed by atoms with Gasteiger partial charge in [0, 0.05) is 11.6 Å². The average molecular weight is 343 g/mol. The van der Waals surface area contributed by atoms with Crippen molar-refractivity contribution >= 4 is 33.3 Å². The van der Waals surface area contributed by atoms with Crippen molar-refractivity contribution in [1.82, 2.24) is 9.97 Å². The van der Waals surface area contributed by atoms with E-state index < -0.39 is 0 Å². The van der Waals surface area contributed by atoms with Crippen LogP contribution >= 0.6 is 27.5 Å². The van der Waals surface area contributed by atoms with E-state index in [1.807, 2.05) is 26.0 Å². The Hall–Kier alpha value is -1.33. The first-order valence-electron chi connectivity index (χ1n) is 5.80. The number of hydrogen-bond donors (Lipinski definition) is 1. The number of aromatic nitrogens is 2. The summed E-state index contributed by atoms with van der Waals surface area (Å²) in [7, 11) is 0. The summed E-state index contributed by atoms with van der Waals surface area (Å²) in [6, 6.07) is 5.49. The molecule has 4 nitrogen and oxygen atoms in total. The lowest BCUT2D eigenvalue weighted by atomic mass is 10.2. The number of ether oxygens (including phenoxy) is 1. The van der Waals surface area contributed by atoms with E-state index in [0.717, 1.165) is 12.1 Å². The zero-order chi connectivity index (χ0) is 13.8. The van der Waals surface area contributed by atoms with Crippen molar-refractivity contribution in [2.75, 3.05) is 11.9 Å². The van der Waals surface area contributed by atoms with Crippen LogP contribution in [0.1, 0.15) is 12.5 Å². The second kappa shape index (κ2) is 6.21. The highest BCUT2D eigenvalue weighted by molar-refractivity contribution is 9.10. The molecule has 100 valence electrons. The Balaban J connectivity index is 2.33. The molecule has 1 N–H and O–H groups in total. The van der Waals surface area contributed by atoms with Crippen molar-refractivity contribution in [2.45, 2.75) is 13.8 Å². The topological polar surface area (TPSA) is 47.0 Å². The van der Waals surface area contributed by atoms with Gasteiger partial charge in [-0.1, -0.05) is 17.7 Å². The maximum absolute atomic E-state index is 5.97. The van der Waals surface area contributed by atoms with Gasteiger partial charge in [0.15, 0.2) is 0 Å². The van der Waals surface area contributed by atoms with Crippen LogP contribution in [-0.2, 0) is 0 Å². The summed E-state index contributed by atoms with van der Waals surface area (Å²) in [5, 5.41) is 3.75. The van der Waals surface area contributed by atoms with Gasteiger partial charge < -0.3 is 10.1 Å². The van der Waals surface area contributed by atoms with Gasteiger partial charge in [0.1, 0.15) is 22.4 Å². The second-order valence-electron chi connectivity index (χ2n) is 3.88. The SMILES string of the molecule is CCNc1ncnc(Oc2cc(Cl)ccc2C)c1Br. The zero-order valence-corrected chi connectivity index (χ0v) is 12.9. The van der Waals surface area contributed by atoms with E-state index in [-0.39, 0.29) is 0 Å². The Kier molecular flexibility index (Phi) is 4.61. The predicted molar refractivity (Wildman–Crippen MR) is 80.2 cm³/mol. The third kappa shape index (κ3) is 3.36. The molecule has 6 heteroatoms. The fourth-order valence-corrected chi connectivity index (χ4v) is 2.09. The Morgan fingerprint density at radius 3 is 2.89 bits per heavy atom. The van der Waals surface area contributed by atoms with E-state index in [1.54, 1.807) is 6.07 Å². The summed E-state index contributed by atoms with van der Waals surface area (Å²) in [5.41, 5.74) is 0.986. The van der Waals surface area contributed by atoms with E-state index in [2.05, 4.69) is 31.2 Å². The third-order valence-corrected chi connectivity index (χ3v) is 3.41. The van der Waals surface area contributed by atoms with Crippen molar-refractivity contribution in [2.24, 2.45) is 0 Å². The van der Waals surface area contributed by atoms with Crippen LogP contribution in [0.4, 0.5) is 5.82 Å². The number of aryl methyl sites for hydroxylation is 1. The van der Waals surface area contributed by atoms with Gasteiger partial charge in [-0.2, -0.15) is 0 Å². The molecule has 1 aromatic heterocycles. The minimum atomic E-state index is 0.455. The van der Waals surface area contributed by atoms with Crippen LogP contribution in [0.2, 0.25) is 5.02 Å². The summed E-state index contributed by atoms with van der Waals surface area (Å²) < 4.78 is 6.48. The maximum Gasteiger partial charge on any atom is 0.238 e. The van der Waals surface area contributed by atoms with Gasteiger partial charge in [-0.15, -0.1) is 0 Å². The fourth-order valence-electron chi connectivity index (χ4n) is 1.50. The van der Waals surface area contributed by atoms with Gasteiger partial charge in [-0.05, 0) is 47.5 Å². The summed E-state index contributed by atoms with van der Waals surface area (Å²) in [4.78, 5) is 8.26. The lowest BCUT2D eigenvalue weighted by Gasteiger charge is -2.11. The first-order valence-corrected chi connectivity index (χ1v) is 6.97. The highest BCUT2D eigenvalue weighted by Gasteiger charge is 2.11. The number of nitrogens with one attached hydrogen (secondary N) is 1. The standard InChI is InChI=1S/C13H13BrClN3O/c1-3-16-12-11(14)13(18-7-17-12)19-10-6-9(15)5-4-8(10)2/h4-7H,3H2,1-2H3,(H,16,17,18). The van der Waals surface area contributed by atoms with Gasteiger partial charge in [0.2, 0.25) is 5.88 Å². The van der Waals surface area contributed by atoms with E-state index in [4.69, 9.17) is 16.3 Å². The number of nitrogens with zero attached hydrogens (tertiary/aromatic N) is 2. The number of anilines is 1. The molecule has 2 rings (SSSR count). The van der Waals surface area contributed by atoms with Crippen molar-refractivity contribution in [3.05, 3.63) is 39.6 Å². The molecule has 0 aliphatic carbocycles. The second-order valence-corrected chi connectivity index (χ2v) is 5.11. The fraction of sp³-hybridized carbons (Fsp3) is 0.231. The summed E-state index contributed by atoms with van der Waals surface area (Å²) in [5.74, 6) is 1.83. The average Bonchev–Trinajstić information content (AvgIpc) is 2.39. The van der Waals surface area contributed by atoms with Crippen molar-refractivity contribution < 1.29 is 4.74 Å². The number of rotatable bonds is 4. The molecule has 0 amide bonds. The minimum Gasteiger partial charge on any atom is -0.437 e. The van der Waals surface area contributed by atoms with E-state index in [0.29, 0.717) is 26.9 Å². The van der Waals surface area contributed by atoms with Crippen LogP contribution in [-0.4, -0.2) is 16.5 Å². The van der Waals surface area contributed by atoms with Crippen molar-refractivity contribution in [1.29, 1.82) is 0 Å². The van der Waals surface area contributed by atoms with Crippen molar-refractivity contribution in [3.8, 4) is 11.6 Å². The van der Waals surface area contributed by atoms with E-state index in [9.17, 15) is 0 Å². The minimum absolute atomic E-state index is 0.455. The summed E-state index contributed by atoms with van der Waals surface area (Å²) in [6.45, 7) is 4.72. The number of hydrogen-bond acceptors (Lipinski definition) is 4. The molecular weight excluding hydrogens is 330 g/mol. The lowest BCUT2D eigenvalue weighted by molar-refractivity contribution is 0.455. The number of benzene rings is 1. The molecule has 19 heavy (non-hydrogen) atoms. The Morgan fingerprint density at radius 2 is 2.16 bits per heavy atom. The molecule has 0 radical (unpaired) electrons. The van der Waals surface area contributed by atoms with Gasteiger partial charge in [-0.3, -0.25) is 0 Å². The molecular formula is C13H13BrClN3O. The zero-order valence-electron chi connectivity index (χ0n) is 10.6.